The number of thioether (sulfide) groups is 1. The maximum atomic E-state index is 13.8. The molecule has 1 saturated heterocycles. The number of ether oxygens (including phenoxy) is 1. The summed E-state index contributed by atoms with van der Waals surface area (Å²) in [5.74, 6) is 0.280. The van der Waals surface area contributed by atoms with E-state index >= 15 is 0 Å². The normalized spacial score (nSPS) is 17.1. The van der Waals surface area contributed by atoms with Gasteiger partial charge < -0.3 is 4.74 Å². The average Bonchev–Trinajstić information content (AvgIpc) is 2.96. The Labute approximate surface area is 189 Å². The largest absolute Gasteiger partial charge is 0.488 e. The molecular formula is C23H24BrFN2O2S. The molecule has 7 heteroatoms. The Morgan fingerprint density at radius 2 is 1.93 bits per heavy atom. The number of hydrogen-bond acceptors (Lipinski definition) is 4. The third kappa shape index (κ3) is 5.32. The van der Waals surface area contributed by atoms with Crippen molar-refractivity contribution < 1.29 is 13.9 Å². The van der Waals surface area contributed by atoms with Gasteiger partial charge in [0.15, 0.2) is 5.17 Å². The van der Waals surface area contributed by atoms with E-state index < -0.39 is 0 Å². The number of benzene rings is 2. The maximum absolute atomic E-state index is 13.8. The van der Waals surface area contributed by atoms with Gasteiger partial charge in [-0.05, 0) is 85.2 Å². The fourth-order valence-electron chi connectivity index (χ4n) is 2.90. The number of amides is 1. The molecule has 0 unspecified atom stereocenters. The van der Waals surface area contributed by atoms with Gasteiger partial charge in [-0.1, -0.05) is 24.3 Å². The lowest BCUT2D eigenvalue weighted by Crippen LogP contribution is -2.35. The van der Waals surface area contributed by atoms with Gasteiger partial charge in [-0.25, -0.2) is 4.39 Å². The molecule has 0 aromatic heterocycles. The van der Waals surface area contributed by atoms with Crippen molar-refractivity contribution in [1.82, 2.24) is 4.90 Å². The highest BCUT2D eigenvalue weighted by molar-refractivity contribution is 9.10. The predicted octanol–water partition coefficient (Wildman–Crippen LogP) is 6.26. The summed E-state index contributed by atoms with van der Waals surface area (Å²) in [6.45, 7) is 8.09. The van der Waals surface area contributed by atoms with E-state index in [1.165, 1.54) is 17.8 Å². The van der Waals surface area contributed by atoms with Crippen LogP contribution < -0.4 is 4.74 Å². The van der Waals surface area contributed by atoms with Crippen molar-refractivity contribution >= 4 is 44.8 Å². The molecule has 30 heavy (non-hydrogen) atoms. The van der Waals surface area contributed by atoms with Crippen LogP contribution in [0.25, 0.3) is 6.08 Å². The van der Waals surface area contributed by atoms with Gasteiger partial charge in [0.1, 0.15) is 18.2 Å². The van der Waals surface area contributed by atoms with E-state index in [1.54, 1.807) is 23.1 Å². The number of rotatable bonds is 6. The van der Waals surface area contributed by atoms with Crippen LogP contribution in [-0.4, -0.2) is 28.1 Å². The summed E-state index contributed by atoms with van der Waals surface area (Å²) in [7, 11) is 0. The maximum Gasteiger partial charge on any atom is 0.266 e. The molecule has 158 valence electrons. The minimum absolute atomic E-state index is 0.0364. The van der Waals surface area contributed by atoms with Crippen molar-refractivity contribution in [3.05, 3.63) is 68.8 Å². The van der Waals surface area contributed by atoms with Gasteiger partial charge in [0.2, 0.25) is 0 Å². The fraction of sp³-hybridized carbons (Fsp3) is 0.304. The van der Waals surface area contributed by atoms with Crippen LogP contribution in [0.2, 0.25) is 0 Å². The van der Waals surface area contributed by atoms with Gasteiger partial charge in [0.25, 0.3) is 5.91 Å². The SMILES string of the molecule is CC(C)N=C1S/C(=C/c2ccc(OCc3ccccc3F)c(Br)c2)C(=O)N1C(C)C. The standard InChI is InChI=1S/C23H24BrFN2O2S/c1-14(2)26-23-27(15(3)4)22(28)21(30-23)12-16-9-10-20(18(24)11-16)29-13-17-7-5-6-8-19(17)25/h5-12,14-15H,13H2,1-4H3/b21-12+,26-23?. The van der Waals surface area contributed by atoms with Crippen LogP contribution in [0, 0.1) is 5.82 Å². The molecule has 0 aliphatic carbocycles. The van der Waals surface area contributed by atoms with Gasteiger partial charge in [0.05, 0.1) is 9.38 Å². The number of hydrogen-bond donors (Lipinski definition) is 0. The van der Waals surface area contributed by atoms with E-state index in [1.807, 2.05) is 52.0 Å². The van der Waals surface area contributed by atoms with E-state index in [-0.39, 0.29) is 30.4 Å². The molecule has 3 rings (SSSR count). The number of aliphatic imine (C=N–C) groups is 1. The van der Waals surface area contributed by atoms with Gasteiger partial charge in [-0.15, -0.1) is 0 Å². The van der Waals surface area contributed by atoms with Gasteiger partial charge >= 0.3 is 0 Å². The molecule has 0 bridgehead atoms. The molecule has 4 nitrogen and oxygen atoms in total. The molecule has 1 fully saturated rings. The van der Waals surface area contributed by atoms with E-state index in [0.29, 0.717) is 16.2 Å². The third-order valence-electron chi connectivity index (χ3n) is 4.32. The molecule has 0 spiro atoms. The second-order valence-electron chi connectivity index (χ2n) is 7.45. The van der Waals surface area contributed by atoms with Crippen LogP contribution in [0.4, 0.5) is 4.39 Å². The second-order valence-corrected chi connectivity index (χ2v) is 9.32. The van der Waals surface area contributed by atoms with Crippen molar-refractivity contribution in [3.8, 4) is 5.75 Å². The minimum atomic E-state index is -0.291. The molecule has 1 aliphatic rings. The molecule has 2 aromatic rings. The van der Waals surface area contributed by atoms with Gasteiger partial charge in [0, 0.05) is 17.6 Å². The zero-order valence-electron chi connectivity index (χ0n) is 17.4. The van der Waals surface area contributed by atoms with Crippen LogP contribution in [0.1, 0.15) is 38.8 Å². The Kier molecular flexibility index (Phi) is 7.36. The number of carbonyl (C=O) groups is 1. The third-order valence-corrected chi connectivity index (χ3v) is 5.93. The summed E-state index contributed by atoms with van der Waals surface area (Å²) >= 11 is 4.91. The summed E-state index contributed by atoms with van der Waals surface area (Å²) in [6.07, 6.45) is 1.86. The minimum Gasteiger partial charge on any atom is -0.488 e. The number of nitrogens with zero attached hydrogens (tertiary/aromatic N) is 2. The Bertz CT molecular complexity index is 1000. The number of halogens is 2. The summed E-state index contributed by atoms with van der Waals surface area (Å²) in [6, 6.07) is 12.3. The van der Waals surface area contributed by atoms with Crippen LogP contribution in [0.15, 0.2) is 56.8 Å². The van der Waals surface area contributed by atoms with Crippen molar-refractivity contribution in [2.45, 2.75) is 46.4 Å². The van der Waals surface area contributed by atoms with E-state index in [4.69, 9.17) is 4.74 Å². The highest BCUT2D eigenvalue weighted by Crippen LogP contribution is 2.35. The molecule has 0 saturated carbocycles. The molecule has 1 heterocycles. The van der Waals surface area contributed by atoms with Crippen LogP contribution in [0.5, 0.6) is 5.75 Å². The first-order valence-electron chi connectivity index (χ1n) is 9.73. The summed E-state index contributed by atoms with van der Waals surface area (Å²) in [4.78, 5) is 19.8. The van der Waals surface area contributed by atoms with Crippen LogP contribution >= 0.6 is 27.7 Å². The van der Waals surface area contributed by atoms with Crippen molar-refractivity contribution in [2.24, 2.45) is 4.99 Å². The number of carbonyl (C=O) groups excluding carboxylic acids is 1. The molecular weight excluding hydrogens is 467 g/mol. The fourth-order valence-corrected chi connectivity index (χ4v) is 4.64. The van der Waals surface area contributed by atoms with Crippen molar-refractivity contribution in [2.75, 3.05) is 0 Å². The molecule has 0 atom stereocenters. The van der Waals surface area contributed by atoms with E-state index in [0.717, 1.165) is 15.2 Å². The lowest BCUT2D eigenvalue weighted by atomic mass is 10.2. The summed E-state index contributed by atoms with van der Waals surface area (Å²) in [5, 5.41) is 0.736. The van der Waals surface area contributed by atoms with Crippen LogP contribution in [-0.2, 0) is 11.4 Å². The first-order valence-corrected chi connectivity index (χ1v) is 11.3. The van der Waals surface area contributed by atoms with Gasteiger partial charge in [-0.2, -0.15) is 0 Å². The van der Waals surface area contributed by atoms with Gasteiger partial charge in [-0.3, -0.25) is 14.7 Å². The van der Waals surface area contributed by atoms with E-state index in [2.05, 4.69) is 20.9 Å². The highest BCUT2D eigenvalue weighted by Gasteiger charge is 2.35. The van der Waals surface area contributed by atoms with Crippen molar-refractivity contribution in [1.29, 1.82) is 0 Å². The van der Waals surface area contributed by atoms with E-state index in [9.17, 15) is 9.18 Å². The Hall–Kier alpha value is -2.12. The Morgan fingerprint density at radius 3 is 2.57 bits per heavy atom. The lowest BCUT2D eigenvalue weighted by molar-refractivity contribution is -0.123. The summed E-state index contributed by atoms with van der Waals surface area (Å²) < 4.78 is 20.3. The molecule has 0 radical (unpaired) electrons. The zero-order valence-corrected chi connectivity index (χ0v) is 19.8. The first kappa shape index (κ1) is 22.6. The smallest absolute Gasteiger partial charge is 0.266 e. The average molecular weight is 491 g/mol. The highest BCUT2D eigenvalue weighted by atomic mass is 79.9. The lowest BCUT2D eigenvalue weighted by Gasteiger charge is -2.20. The predicted molar refractivity (Wildman–Crippen MR) is 125 cm³/mol. The Morgan fingerprint density at radius 1 is 1.20 bits per heavy atom. The molecule has 1 aliphatic heterocycles. The quantitative estimate of drug-likeness (QED) is 0.448. The molecule has 1 amide bonds. The molecule has 0 N–H and O–H groups in total. The van der Waals surface area contributed by atoms with Crippen LogP contribution in [0.3, 0.4) is 0 Å². The second kappa shape index (κ2) is 9.79. The summed E-state index contributed by atoms with van der Waals surface area (Å²) in [5.41, 5.74) is 1.36. The topological polar surface area (TPSA) is 41.9 Å². The van der Waals surface area contributed by atoms with Crippen molar-refractivity contribution in [3.63, 3.8) is 0 Å². The first-order chi connectivity index (χ1) is 14.3. The zero-order chi connectivity index (χ0) is 21.8. The number of amidine groups is 1. The Balaban J connectivity index is 1.78. The monoisotopic (exact) mass is 490 g/mol. The molecule has 2 aromatic carbocycles.